The summed E-state index contributed by atoms with van der Waals surface area (Å²) in [4.78, 5) is 16.6. The van der Waals surface area contributed by atoms with Crippen molar-refractivity contribution in [1.82, 2.24) is 4.98 Å². The van der Waals surface area contributed by atoms with Gasteiger partial charge in [0.25, 0.3) is 5.91 Å². The molecule has 0 atom stereocenters. The van der Waals surface area contributed by atoms with Crippen LogP contribution in [0, 0.1) is 0 Å². The summed E-state index contributed by atoms with van der Waals surface area (Å²) >= 11 is 1.27. The van der Waals surface area contributed by atoms with Crippen molar-refractivity contribution in [3.8, 4) is 5.75 Å². The van der Waals surface area contributed by atoms with Gasteiger partial charge in [0.15, 0.2) is 5.13 Å². The molecule has 0 aliphatic carbocycles. The lowest BCUT2D eigenvalue weighted by Crippen LogP contribution is -2.13. The molecule has 0 saturated carbocycles. The summed E-state index contributed by atoms with van der Waals surface area (Å²) in [6, 6.07) is 7.04. The zero-order chi connectivity index (χ0) is 14.7. The summed E-state index contributed by atoms with van der Waals surface area (Å²) in [6.07, 6.45) is 0. The van der Waals surface area contributed by atoms with Gasteiger partial charge < -0.3 is 10.5 Å². The lowest BCUT2D eigenvalue weighted by molar-refractivity contribution is 0.102. The van der Waals surface area contributed by atoms with Gasteiger partial charge in [-0.3, -0.25) is 10.1 Å². The third-order valence-corrected chi connectivity index (χ3v) is 3.62. The van der Waals surface area contributed by atoms with Crippen LogP contribution >= 0.6 is 11.3 Å². The Morgan fingerprint density at radius 1 is 1.40 bits per heavy atom. The van der Waals surface area contributed by atoms with Crippen LogP contribution in [0.2, 0.25) is 0 Å². The molecule has 1 amide bonds. The zero-order valence-corrected chi connectivity index (χ0v) is 12.5. The third-order valence-electron chi connectivity index (χ3n) is 2.80. The normalized spacial score (nSPS) is 10.6. The molecular formula is C14H17N3O2S. The number of rotatable bonds is 4. The lowest BCUT2D eigenvalue weighted by Gasteiger charge is -2.07. The summed E-state index contributed by atoms with van der Waals surface area (Å²) in [5.74, 6) is 0.494. The Morgan fingerprint density at radius 2 is 2.10 bits per heavy atom. The number of carbonyl (C=O) groups is 1. The van der Waals surface area contributed by atoms with E-state index in [1.807, 2.05) is 19.9 Å². The van der Waals surface area contributed by atoms with Gasteiger partial charge in [-0.25, -0.2) is 4.98 Å². The predicted molar refractivity (Wildman–Crippen MR) is 81.6 cm³/mol. The Bertz CT molecular complexity index is 623. The monoisotopic (exact) mass is 291 g/mol. The number of nitrogens with one attached hydrogen (secondary N) is 1. The highest BCUT2D eigenvalue weighted by atomic mass is 32.1. The number of anilines is 2. The van der Waals surface area contributed by atoms with Crippen LogP contribution in [-0.2, 0) is 0 Å². The molecule has 0 radical (unpaired) electrons. The van der Waals surface area contributed by atoms with Gasteiger partial charge in [-0.15, -0.1) is 0 Å². The van der Waals surface area contributed by atoms with Gasteiger partial charge >= 0.3 is 0 Å². The molecule has 0 fully saturated rings. The number of para-hydroxylation sites is 1. The number of nitrogens with zero attached hydrogens (tertiary/aromatic N) is 1. The maximum Gasteiger partial charge on any atom is 0.261 e. The average Bonchev–Trinajstić information content (AvgIpc) is 2.79. The predicted octanol–water partition coefficient (Wildman–Crippen LogP) is 3.11. The number of nitrogens with two attached hydrogens (primary N) is 1. The Labute approximate surface area is 121 Å². The van der Waals surface area contributed by atoms with E-state index in [9.17, 15) is 4.79 Å². The fourth-order valence-electron chi connectivity index (χ4n) is 1.81. The summed E-state index contributed by atoms with van der Waals surface area (Å²) in [5.41, 5.74) is 7.17. The van der Waals surface area contributed by atoms with Crippen LogP contribution < -0.4 is 15.8 Å². The van der Waals surface area contributed by atoms with Crippen LogP contribution in [0.25, 0.3) is 0 Å². The van der Waals surface area contributed by atoms with Crippen LogP contribution in [0.4, 0.5) is 10.1 Å². The van der Waals surface area contributed by atoms with E-state index in [1.54, 1.807) is 18.2 Å². The van der Waals surface area contributed by atoms with Gasteiger partial charge in [-0.05, 0) is 18.1 Å². The van der Waals surface area contributed by atoms with Crippen molar-refractivity contribution in [1.29, 1.82) is 0 Å². The maximum absolute atomic E-state index is 12.2. The van der Waals surface area contributed by atoms with E-state index in [0.29, 0.717) is 21.4 Å². The van der Waals surface area contributed by atoms with Crippen molar-refractivity contribution >= 4 is 27.4 Å². The van der Waals surface area contributed by atoms with E-state index in [4.69, 9.17) is 10.5 Å². The number of hydrogen-bond donors (Lipinski definition) is 2. The van der Waals surface area contributed by atoms with E-state index in [-0.39, 0.29) is 11.8 Å². The van der Waals surface area contributed by atoms with Gasteiger partial charge in [0.1, 0.15) is 10.8 Å². The first-order valence-electron chi connectivity index (χ1n) is 6.23. The Hall–Kier alpha value is -2.08. The number of thiazole rings is 1. The number of hydrogen-bond acceptors (Lipinski definition) is 5. The molecule has 3 N–H and O–H groups in total. The van der Waals surface area contributed by atoms with E-state index in [1.165, 1.54) is 18.4 Å². The topological polar surface area (TPSA) is 77.2 Å². The second-order valence-electron chi connectivity index (χ2n) is 4.58. The molecule has 20 heavy (non-hydrogen) atoms. The van der Waals surface area contributed by atoms with Crippen LogP contribution in [0.1, 0.15) is 35.8 Å². The smallest absolute Gasteiger partial charge is 0.261 e. The number of amides is 1. The Kier molecular flexibility index (Phi) is 4.24. The third kappa shape index (κ3) is 2.91. The highest BCUT2D eigenvalue weighted by Crippen LogP contribution is 2.31. The molecule has 106 valence electrons. The lowest BCUT2D eigenvalue weighted by atomic mass is 10.1. The van der Waals surface area contributed by atoms with E-state index in [0.717, 1.165) is 5.69 Å². The number of benzene rings is 1. The van der Waals surface area contributed by atoms with Crippen molar-refractivity contribution in [2.45, 2.75) is 19.8 Å². The summed E-state index contributed by atoms with van der Waals surface area (Å²) in [5, 5.41) is 3.89. The summed E-state index contributed by atoms with van der Waals surface area (Å²) in [6.45, 7) is 4.02. The molecule has 2 aromatic rings. The van der Waals surface area contributed by atoms with Crippen LogP contribution in [0.5, 0.6) is 5.75 Å². The molecule has 0 unspecified atom stereocenters. The molecule has 6 heteroatoms. The standard InChI is InChI=1S/C14H17N3O2S/c1-8(2)11-12(15)20-14(16-11)17-13(18)9-6-4-5-7-10(9)19-3/h4-8H,15H2,1-3H3,(H,16,17,18). The zero-order valence-electron chi connectivity index (χ0n) is 11.6. The second-order valence-corrected chi connectivity index (χ2v) is 5.61. The quantitative estimate of drug-likeness (QED) is 0.907. The minimum absolute atomic E-state index is 0.225. The Morgan fingerprint density at radius 3 is 2.70 bits per heavy atom. The first-order chi connectivity index (χ1) is 9.52. The minimum Gasteiger partial charge on any atom is -0.496 e. The second kappa shape index (κ2) is 5.92. The number of ether oxygens (including phenoxy) is 1. The summed E-state index contributed by atoms with van der Waals surface area (Å²) in [7, 11) is 1.53. The van der Waals surface area contributed by atoms with Crippen LogP contribution in [0.3, 0.4) is 0 Å². The molecule has 2 rings (SSSR count). The Balaban J connectivity index is 2.21. The number of carbonyl (C=O) groups excluding carboxylic acids is 1. The van der Waals surface area contributed by atoms with Gasteiger partial charge in [-0.2, -0.15) is 0 Å². The SMILES string of the molecule is COc1ccccc1C(=O)Nc1nc(C(C)C)c(N)s1. The molecule has 0 aliphatic heterocycles. The van der Waals surface area contributed by atoms with E-state index >= 15 is 0 Å². The van der Waals surface area contributed by atoms with Crippen molar-refractivity contribution in [2.24, 2.45) is 0 Å². The molecular weight excluding hydrogens is 274 g/mol. The van der Waals surface area contributed by atoms with Crippen LogP contribution in [0.15, 0.2) is 24.3 Å². The number of methoxy groups -OCH3 is 1. The number of aromatic nitrogens is 1. The molecule has 1 heterocycles. The molecule has 1 aromatic carbocycles. The van der Waals surface area contributed by atoms with Crippen molar-refractivity contribution in [3.05, 3.63) is 35.5 Å². The molecule has 0 bridgehead atoms. The molecule has 5 nitrogen and oxygen atoms in total. The van der Waals surface area contributed by atoms with Gasteiger partial charge in [0.2, 0.25) is 0 Å². The van der Waals surface area contributed by atoms with E-state index < -0.39 is 0 Å². The van der Waals surface area contributed by atoms with Gasteiger partial charge in [0, 0.05) is 0 Å². The molecule has 0 spiro atoms. The summed E-state index contributed by atoms with van der Waals surface area (Å²) < 4.78 is 5.17. The van der Waals surface area contributed by atoms with Gasteiger partial charge in [-0.1, -0.05) is 37.3 Å². The van der Waals surface area contributed by atoms with Crippen LogP contribution in [-0.4, -0.2) is 18.0 Å². The van der Waals surface area contributed by atoms with E-state index in [2.05, 4.69) is 10.3 Å². The minimum atomic E-state index is -0.258. The molecule has 1 aromatic heterocycles. The average molecular weight is 291 g/mol. The highest BCUT2D eigenvalue weighted by Gasteiger charge is 2.16. The first-order valence-corrected chi connectivity index (χ1v) is 7.05. The fourth-order valence-corrected chi connectivity index (χ4v) is 2.69. The maximum atomic E-state index is 12.2. The van der Waals surface area contributed by atoms with Crippen molar-refractivity contribution in [2.75, 3.05) is 18.2 Å². The molecule has 0 saturated heterocycles. The van der Waals surface area contributed by atoms with Crippen molar-refractivity contribution in [3.63, 3.8) is 0 Å². The van der Waals surface area contributed by atoms with Crippen molar-refractivity contribution < 1.29 is 9.53 Å². The number of nitrogen functional groups attached to an aromatic ring is 1. The highest BCUT2D eigenvalue weighted by molar-refractivity contribution is 7.19. The first kappa shape index (κ1) is 14.3. The largest absolute Gasteiger partial charge is 0.496 e. The van der Waals surface area contributed by atoms with Gasteiger partial charge in [0.05, 0.1) is 18.4 Å². The fraction of sp³-hybridized carbons (Fsp3) is 0.286. The molecule has 0 aliphatic rings.